The van der Waals surface area contributed by atoms with E-state index in [4.69, 9.17) is 9.15 Å². The molecule has 0 aliphatic carbocycles. The minimum atomic E-state index is -0.869. The first kappa shape index (κ1) is 15.2. The minimum absolute atomic E-state index is 0.177. The monoisotopic (exact) mass is 336 g/mol. The Morgan fingerprint density at radius 1 is 1.43 bits per heavy atom. The summed E-state index contributed by atoms with van der Waals surface area (Å²) in [6.07, 6.45) is 0.606. The van der Waals surface area contributed by atoms with E-state index in [9.17, 15) is 19.7 Å². The molecule has 9 heteroatoms. The summed E-state index contributed by atoms with van der Waals surface area (Å²) in [6.45, 7) is 0.306. The van der Waals surface area contributed by atoms with E-state index in [1.807, 2.05) is 5.38 Å². The molecule has 3 heterocycles. The second kappa shape index (κ2) is 5.84. The van der Waals surface area contributed by atoms with Crippen LogP contribution in [-0.2, 0) is 16.0 Å². The summed E-state index contributed by atoms with van der Waals surface area (Å²) in [6, 6.07) is 3.26. The number of esters is 1. The average Bonchev–Trinajstić information content (AvgIpc) is 3.21. The Balaban J connectivity index is 1.95. The van der Waals surface area contributed by atoms with Crippen molar-refractivity contribution in [1.29, 1.82) is 0 Å². The minimum Gasteiger partial charge on any atom is -0.467 e. The lowest BCUT2D eigenvalue weighted by molar-refractivity contribution is -0.402. The van der Waals surface area contributed by atoms with Gasteiger partial charge in [0.25, 0.3) is 5.91 Å². The number of nitrogens with zero attached hydrogens (tertiary/aromatic N) is 2. The van der Waals surface area contributed by atoms with E-state index in [0.29, 0.717) is 13.0 Å². The van der Waals surface area contributed by atoms with Crippen LogP contribution in [0.4, 0.5) is 5.88 Å². The fraction of sp³-hybridized carbons (Fsp3) is 0.286. The third-order valence-corrected chi connectivity index (χ3v) is 4.63. The molecule has 3 rings (SSSR count). The fourth-order valence-corrected chi connectivity index (χ4v) is 3.49. The first-order chi connectivity index (χ1) is 11.0. The van der Waals surface area contributed by atoms with Crippen LogP contribution in [-0.4, -0.2) is 35.4 Å². The zero-order valence-corrected chi connectivity index (χ0v) is 12.9. The van der Waals surface area contributed by atoms with Gasteiger partial charge in [-0.15, -0.1) is 11.3 Å². The number of thiophene rings is 1. The molecule has 2 aromatic heterocycles. The predicted molar refractivity (Wildman–Crippen MR) is 79.2 cm³/mol. The summed E-state index contributed by atoms with van der Waals surface area (Å²) in [4.78, 5) is 37.0. The second-order valence-electron chi connectivity index (χ2n) is 4.87. The van der Waals surface area contributed by atoms with Gasteiger partial charge in [0, 0.05) is 11.4 Å². The number of rotatable bonds is 3. The number of ether oxygens (including phenoxy) is 1. The van der Waals surface area contributed by atoms with Gasteiger partial charge in [0.2, 0.25) is 0 Å². The second-order valence-corrected chi connectivity index (χ2v) is 5.87. The molecule has 23 heavy (non-hydrogen) atoms. The van der Waals surface area contributed by atoms with Crippen LogP contribution < -0.4 is 0 Å². The van der Waals surface area contributed by atoms with Gasteiger partial charge in [0.05, 0.1) is 13.2 Å². The van der Waals surface area contributed by atoms with Crippen LogP contribution in [0.15, 0.2) is 28.0 Å². The Morgan fingerprint density at radius 2 is 2.22 bits per heavy atom. The zero-order chi connectivity index (χ0) is 16.6. The third kappa shape index (κ3) is 2.59. The van der Waals surface area contributed by atoms with Crippen molar-refractivity contribution in [2.24, 2.45) is 0 Å². The molecule has 0 fully saturated rings. The van der Waals surface area contributed by atoms with E-state index >= 15 is 0 Å². The van der Waals surface area contributed by atoms with Crippen molar-refractivity contribution in [2.75, 3.05) is 13.7 Å². The Hall–Kier alpha value is -2.68. The molecule has 0 N–H and O–H groups in total. The third-order valence-electron chi connectivity index (χ3n) is 3.63. The molecule has 2 aromatic rings. The Labute approximate surface area is 134 Å². The molecule has 0 aromatic carbocycles. The van der Waals surface area contributed by atoms with Gasteiger partial charge in [-0.3, -0.25) is 14.9 Å². The molecular formula is C14H12N2O6S. The van der Waals surface area contributed by atoms with Crippen molar-refractivity contribution >= 4 is 29.1 Å². The lowest BCUT2D eigenvalue weighted by Gasteiger charge is -2.33. The zero-order valence-electron chi connectivity index (χ0n) is 12.1. The maximum atomic E-state index is 12.6. The number of amides is 1. The number of furan rings is 1. The molecule has 8 nitrogen and oxygen atoms in total. The van der Waals surface area contributed by atoms with Crippen LogP contribution in [0.5, 0.6) is 0 Å². The Morgan fingerprint density at radius 3 is 2.87 bits per heavy atom. The summed E-state index contributed by atoms with van der Waals surface area (Å²) in [5, 5.41) is 12.5. The van der Waals surface area contributed by atoms with E-state index in [-0.39, 0.29) is 5.76 Å². The molecular weight excluding hydrogens is 324 g/mol. The highest BCUT2D eigenvalue weighted by molar-refractivity contribution is 7.10. The van der Waals surface area contributed by atoms with Gasteiger partial charge in [-0.25, -0.2) is 4.79 Å². The van der Waals surface area contributed by atoms with Gasteiger partial charge in [0.15, 0.2) is 11.8 Å². The van der Waals surface area contributed by atoms with Crippen LogP contribution in [0, 0.1) is 10.1 Å². The van der Waals surface area contributed by atoms with E-state index in [2.05, 4.69) is 0 Å². The standard InChI is InChI=1S/C14H12N2O6S/c1-21-14(18)12-8-5-7-23-10(8)4-6-15(12)13(17)9-2-3-11(22-9)16(19)20/h2-3,5,7,12H,4,6H2,1H3. The summed E-state index contributed by atoms with van der Waals surface area (Å²) in [5.41, 5.74) is 0.725. The maximum Gasteiger partial charge on any atom is 0.433 e. The topological polar surface area (TPSA) is 103 Å². The molecule has 1 aliphatic rings. The number of carbonyl (C=O) groups is 2. The van der Waals surface area contributed by atoms with E-state index in [0.717, 1.165) is 16.5 Å². The summed E-state index contributed by atoms with van der Waals surface area (Å²) in [5.74, 6) is -1.83. The number of methoxy groups -OCH3 is 1. The Bertz CT molecular complexity index is 780. The van der Waals surface area contributed by atoms with E-state index in [1.54, 1.807) is 6.07 Å². The molecule has 120 valence electrons. The van der Waals surface area contributed by atoms with Crippen LogP contribution in [0.3, 0.4) is 0 Å². The molecule has 1 atom stereocenters. The quantitative estimate of drug-likeness (QED) is 0.483. The molecule has 0 bridgehead atoms. The van der Waals surface area contributed by atoms with Crippen LogP contribution >= 0.6 is 11.3 Å². The highest BCUT2D eigenvalue weighted by Gasteiger charge is 2.39. The average molecular weight is 336 g/mol. The molecule has 1 amide bonds. The molecule has 1 unspecified atom stereocenters. The van der Waals surface area contributed by atoms with Crippen molar-refractivity contribution < 1.29 is 23.7 Å². The number of fused-ring (bicyclic) bond motifs is 1. The SMILES string of the molecule is COC(=O)C1c2ccsc2CCN1C(=O)c1ccc([N+](=O)[O-])o1. The Kier molecular flexibility index (Phi) is 3.87. The number of hydrogen-bond acceptors (Lipinski definition) is 7. The molecule has 0 saturated heterocycles. The van der Waals surface area contributed by atoms with Crippen LogP contribution in [0.2, 0.25) is 0 Å². The first-order valence-corrected chi connectivity index (χ1v) is 7.60. The summed E-state index contributed by atoms with van der Waals surface area (Å²) >= 11 is 1.52. The van der Waals surface area contributed by atoms with Crippen LogP contribution in [0.25, 0.3) is 0 Å². The van der Waals surface area contributed by atoms with Crippen molar-refractivity contribution in [1.82, 2.24) is 4.90 Å². The van der Waals surface area contributed by atoms with Crippen molar-refractivity contribution in [3.8, 4) is 0 Å². The highest BCUT2D eigenvalue weighted by atomic mass is 32.1. The van der Waals surface area contributed by atoms with Gasteiger partial charge in [-0.2, -0.15) is 0 Å². The number of nitro groups is 1. The maximum absolute atomic E-state index is 12.6. The first-order valence-electron chi connectivity index (χ1n) is 6.72. The van der Waals surface area contributed by atoms with Crippen LogP contribution in [0.1, 0.15) is 27.0 Å². The normalized spacial score (nSPS) is 16.7. The van der Waals surface area contributed by atoms with Crippen molar-refractivity contribution in [3.63, 3.8) is 0 Å². The van der Waals surface area contributed by atoms with Gasteiger partial charge in [-0.05, 0) is 29.5 Å². The van der Waals surface area contributed by atoms with Gasteiger partial charge in [-0.1, -0.05) is 0 Å². The number of hydrogen-bond donors (Lipinski definition) is 0. The van der Waals surface area contributed by atoms with Gasteiger partial charge < -0.3 is 14.1 Å². The van der Waals surface area contributed by atoms with Crippen molar-refractivity contribution in [3.05, 3.63) is 49.9 Å². The molecule has 0 spiro atoms. The largest absolute Gasteiger partial charge is 0.467 e. The van der Waals surface area contributed by atoms with Crippen molar-refractivity contribution in [2.45, 2.75) is 12.5 Å². The molecule has 0 radical (unpaired) electrons. The fourth-order valence-electron chi connectivity index (χ4n) is 2.58. The van der Waals surface area contributed by atoms with Gasteiger partial charge in [0.1, 0.15) is 4.92 Å². The highest BCUT2D eigenvalue weighted by Crippen LogP contribution is 2.35. The lowest BCUT2D eigenvalue weighted by Crippen LogP contribution is -2.43. The van der Waals surface area contributed by atoms with Gasteiger partial charge >= 0.3 is 11.9 Å². The predicted octanol–water partition coefficient (Wildman–Crippen LogP) is 2.16. The number of carbonyl (C=O) groups excluding carboxylic acids is 2. The van der Waals surface area contributed by atoms with E-state index < -0.39 is 28.7 Å². The molecule has 0 saturated carbocycles. The summed E-state index contributed by atoms with van der Waals surface area (Å²) < 4.78 is 9.76. The lowest BCUT2D eigenvalue weighted by atomic mass is 9.99. The molecule has 1 aliphatic heterocycles. The van der Waals surface area contributed by atoms with E-state index in [1.165, 1.54) is 29.4 Å². The smallest absolute Gasteiger partial charge is 0.433 e. The summed E-state index contributed by atoms with van der Waals surface area (Å²) in [7, 11) is 1.25.